The summed E-state index contributed by atoms with van der Waals surface area (Å²) >= 11 is 5.93. The highest BCUT2D eigenvalue weighted by Gasteiger charge is 2.53. The molecule has 4 rings (SSSR count). The highest BCUT2D eigenvalue weighted by Crippen LogP contribution is 2.60. The van der Waals surface area contributed by atoms with Gasteiger partial charge >= 0.3 is 0 Å². The average molecular weight is 294 g/mol. The third kappa shape index (κ3) is 2.48. The van der Waals surface area contributed by atoms with Crippen LogP contribution in [0, 0.1) is 23.1 Å². The Labute approximate surface area is 124 Å². The molecule has 1 nitrogen and oxygen atoms in total. The molecule has 3 aliphatic rings. The standard InChI is InChI=1S/C17H21ClFN/c18-15-3-1-2-11(16(15)19)7-17(10-20-14-4-5-14)8-12-6-13(12)9-17/h1-3,12-14,20H,4-10H2. The Morgan fingerprint density at radius 1 is 1.25 bits per heavy atom. The van der Waals surface area contributed by atoms with Gasteiger partial charge in [0.2, 0.25) is 0 Å². The van der Waals surface area contributed by atoms with Crippen LogP contribution in [-0.2, 0) is 6.42 Å². The lowest BCUT2D eigenvalue weighted by molar-refractivity contribution is 0.245. The molecule has 3 saturated carbocycles. The van der Waals surface area contributed by atoms with E-state index in [0.717, 1.165) is 36.4 Å². The smallest absolute Gasteiger partial charge is 0.144 e. The Morgan fingerprint density at radius 3 is 2.70 bits per heavy atom. The van der Waals surface area contributed by atoms with Crippen LogP contribution in [0.15, 0.2) is 18.2 Å². The number of nitrogens with one attached hydrogen (secondary N) is 1. The topological polar surface area (TPSA) is 12.0 Å². The minimum absolute atomic E-state index is 0.208. The van der Waals surface area contributed by atoms with Crippen LogP contribution in [0.1, 0.15) is 37.7 Å². The molecule has 1 aromatic carbocycles. The molecule has 2 atom stereocenters. The zero-order chi connectivity index (χ0) is 13.7. The van der Waals surface area contributed by atoms with Gasteiger partial charge in [0.1, 0.15) is 5.82 Å². The Balaban J connectivity index is 1.53. The van der Waals surface area contributed by atoms with Crippen molar-refractivity contribution in [2.24, 2.45) is 17.3 Å². The summed E-state index contributed by atoms with van der Waals surface area (Å²) < 4.78 is 14.2. The molecule has 0 saturated heterocycles. The van der Waals surface area contributed by atoms with Crippen molar-refractivity contribution >= 4 is 11.6 Å². The van der Waals surface area contributed by atoms with E-state index in [4.69, 9.17) is 11.6 Å². The van der Waals surface area contributed by atoms with E-state index < -0.39 is 0 Å². The molecule has 3 heteroatoms. The second-order valence-electron chi connectivity index (χ2n) is 7.21. The normalized spacial score (nSPS) is 35.1. The van der Waals surface area contributed by atoms with Gasteiger partial charge in [-0.05, 0) is 67.4 Å². The summed E-state index contributed by atoms with van der Waals surface area (Å²) in [6, 6.07) is 6.15. The van der Waals surface area contributed by atoms with Gasteiger partial charge in [-0.3, -0.25) is 0 Å². The van der Waals surface area contributed by atoms with E-state index in [0.29, 0.717) is 0 Å². The van der Waals surface area contributed by atoms with Crippen LogP contribution < -0.4 is 5.32 Å². The zero-order valence-corrected chi connectivity index (χ0v) is 12.4. The van der Waals surface area contributed by atoms with E-state index in [1.807, 2.05) is 12.1 Å². The Bertz CT molecular complexity index is 516. The minimum Gasteiger partial charge on any atom is -0.313 e. The molecular formula is C17H21ClFN. The number of halogens is 2. The van der Waals surface area contributed by atoms with Crippen LogP contribution >= 0.6 is 11.6 Å². The van der Waals surface area contributed by atoms with E-state index in [9.17, 15) is 4.39 Å². The highest BCUT2D eigenvalue weighted by molar-refractivity contribution is 6.30. The Kier molecular flexibility index (Phi) is 3.08. The van der Waals surface area contributed by atoms with Gasteiger partial charge < -0.3 is 5.32 Å². The predicted molar refractivity (Wildman–Crippen MR) is 79.4 cm³/mol. The highest BCUT2D eigenvalue weighted by atomic mass is 35.5. The number of hydrogen-bond acceptors (Lipinski definition) is 1. The lowest BCUT2D eigenvalue weighted by Crippen LogP contribution is -2.36. The van der Waals surface area contributed by atoms with Crippen LogP contribution in [0.2, 0.25) is 5.02 Å². The molecule has 3 aliphatic carbocycles. The van der Waals surface area contributed by atoms with Crippen molar-refractivity contribution in [3.63, 3.8) is 0 Å². The van der Waals surface area contributed by atoms with Crippen LogP contribution in [0.4, 0.5) is 4.39 Å². The van der Waals surface area contributed by atoms with E-state index in [1.54, 1.807) is 6.07 Å². The van der Waals surface area contributed by atoms with Gasteiger partial charge in [0.05, 0.1) is 5.02 Å². The number of benzene rings is 1. The summed E-state index contributed by atoms with van der Waals surface area (Å²) in [4.78, 5) is 0. The second-order valence-corrected chi connectivity index (χ2v) is 7.62. The molecular weight excluding hydrogens is 273 g/mol. The Hall–Kier alpha value is -0.600. The molecule has 108 valence electrons. The largest absolute Gasteiger partial charge is 0.313 e. The van der Waals surface area contributed by atoms with Gasteiger partial charge in [0.15, 0.2) is 0 Å². The maximum Gasteiger partial charge on any atom is 0.144 e. The lowest BCUT2D eigenvalue weighted by Gasteiger charge is -2.32. The van der Waals surface area contributed by atoms with Gasteiger partial charge in [-0.2, -0.15) is 0 Å². The summed E-state index contributed by atoms with van der Waals surface area (Å²) in [6.45, 7) is 1.05. The molecule has 2 unspecified atom stereocenters. The van der Waals surface area contributed by atoms with E-state index >= 15 is 0 Å². The monoisotopic (exact) mass is 293 g/mol. The van der Waals surface area contributed by atoms with Gasteiger partial charge in [-0.15, -0.1) is 0 Å². The van der Waals surface area contributed by atoms with Crippen molar-refractivity contribution in [2.75, 3.05) is 6.54 Å². The summed E-state index contributed by atoms with van der Waals surface area (Å²) in [5.74, 6) is 1.62. The maximum absolute atomic E-state index is 14.2. The molecule has 20 heavy (non-hydrogen) atoms. The van der Waals surface area contributed by atoms with Crippen molar-refractivity contribution < 1.29 is 4.39 Å². The number of fused-ring (bicyclic) bond motifs is 1. The van der Waals surface area contributed by atoms with Crippen LogP contribution in [0.25, 0.3) is 0 Å². The van der Waals surface area contributed by atoms with Gasteiger partial charge in [-0.25, -0.2) is 4.39 Å². The Morgan fingerprint density at radius 2 is 2.00 bits per heavy atom. The molecule has 0 heterocycles. The third-order valence-corrected chi connectivity index (χ3v) is 5.69. The van der Waals surface area contributed by atoms with Gasteiger partial charge in [-0.1, -0.05) is 23.7 Å². The first-order valence-electron chi connectivity index (χ1n) is 7.81. The lowest BCUT2D eigenvalue weighted by atomic mass is 9.77. The van der Waals surface area contributed by atoms with Crippen LogP contribution in [0.5, 0.6) is 0 Å². The minimum atomic E-state index is -0.208. The van der Waals surface area contributed by atoms with Crippen molar-refractivity contribution in [2.45, 2.75) is 44.6 Å². The molecule has 1 aromatic rings. The number of rotatable bonds is 5. The van der Waals surface area contributed by atoms with E-state index in [-0.39, 0.29) is 16.3 Å². The molecule has 0 spiro atoms. The van der Waals surface area contributed by atoms with E-state index in [2.05, 4.69) is 5.32 Å². The fourth-order valence-electron chi connectivity index (χ4n) is 4.09. The van der Waals surface area contributed by atoms with Gasteiger partial charge in [0.25, 0.3) is 0 Å². The van der Waals surface area contributed by atoms with Gasteiger partial charge in [0, 0.05) is 12.6 Å². The maximum atomic E-state index is 14.2. The molecule has 0 aromatic heterocycles. The van der Waals surface area contributed by atoms with Crippen LogP contribution in [0.3, 0.4) is 0 Å². The molecule has 0 aliphatic heterocycles. The first-order chi connectivity index (χ1) is 9.65. The fourth-order valence-corrected chi connectivity index (χ4v) is 4.29. The zero-order valence-electron chi connectivity index (χ0n) is 11.7. The third-order valence-electron chi connectivity index (χ3n) is 5.40. The summed E-state index contributed by atoms with van der Waals surface area (Å²) in [5.41, 5.74) is 1.07. The molecule has 0 bridgehead atoms. The van der Waals surface area contributed by atoms with Crippen molar-refractivity contribution in [3.05, 3.63) is 34.6 Å². The van der Waals surface area contributed by atoms with E-state index in [1.165, 1.54) is 32.1 Å². The number of hydrogen-bond donors (Lipinski definition) is 1. The summed E-state index contributed by atoms with van der Waals surface area (Å²) in [7, 11) is 0. The molecule has 1 N–H and O–H groups in total. The first kappa shape index (κ1) is 13.1. The fraction of sp³-hybridized carbons (Fsp3) is 0.647. The summed E-state index contributed by atoms with van der Waals surface area (Å²) in [6.07, 6.45) is 7.41. The van der Waals surface area contributed by atoms with Crippen molar-refractivity contribution in [1.82, 2.24) is 5.32 Å². The second kappa shape index (κ2) is 4.71. The van der Waals surface area contributed by atoms with Crippen LogP contribution in [-0.4, -0.2) is 12.6 Å². The SMILES string of the molecule is Fc1c(Cl)cccc1CC1(CNC2CC2)CC2CC2C1. The quantitative estimate of drug-likeness (QED) is 0.858. The van der Waals surface area contributed by atoms with Crippen molar-refractivity contribution in [3.8, 4) is 0 Å². The predicted octanol–water partition coefficient (Wildman–Crippen LogP) is 4.19. The average Bonchev–Trinajstić information content (AvgIpc) is 3.34. The molecule has 0 radical (unpaired) electrons. The summed E-state index contributed by atoms with van der Waals surface area (Å²) in [5, 5.41) is 3.94. The van der Waals surface area contributed by atoms with Crippen molar-refractivity contribution in [1.29, 1.82) is 0 Å². The molecule has 3 fully saturated rings. The first-order valence-corrected chi connectivity index (χ1v) is 8.19. The molecule has 0 amide bonds.